The number of carbonyl (C=O) groups is 1. The fourth-order valence-corrected chi connectivity index (χ4v) is 3.24. The molecule has 2 aromatic heterocycles. The van der Waals surface area contributed by atoms with Crippen molar-refractivity contribution >= 4 is 5.91 Å². The third-order valence-electron chi connectivity index (χ3n) is 4.80. The molecule has 1 aliphatic heterocycles. The largest absolute Gasteiger partial charge is 0.467 e. The van der Waals surface area contributed by atoms with Gasteiger partial charge in [0.1, 0.15) is 17.6 Å². The summed E-state index contributed by atoms with van der Waals surface area (Å²) in [6.45, 7) is 7.19. The van der Waals surface area contributed by atoms with Gasteiger partial charge in [-0.15, -0.1) is 0 Å². The van der Waals surface area contributed by atoms with Crippen molar-refractivity contribution < 1.29 is 18.8 Å². The van der Waals surface area contributed by atoms with Crippen molar-refractivity contribution in [1.82, 2.24) is 15.0 Å². The topological polar surface area (TPSA) is 83.0 Å². The fraction of sp³-hybridized carbons (Fsp3) is 0.556. The van der Waals surface area contributed by atoms with Crippen LogP contribution in [0.1, 0.15) is 35.3 Å². The third-order valence-corrected chi connectivity index (χ3v) is 4.80. The third kappa shape index (κ3) is 4.29. The number of aromatic nitrogens is 1. The highest BCUT2D eigenvalue weighted by Crippen LogP contribution is 2.17. The smallest absolute Gasteiger partial charge is 0.222 e. The molecule has 0 bridgehead atoms. The Morgan fingerprint density at radius 2 is 2.08 bits per heavy atom. The molecule has 1 fully saturated rings. The number of rotatable bonds is 6. The van der Waals surface area contributed by atoms with Crippen molar-refractivity contribution in [3.63, 3.8) is 0 Å². The molecule has 1 atom stereocenters. The first-order valence-corrected chi connectivity index (χ1v) is 8.68. The van der Waals surface area contributed by atoms with Crippen molar-refractivity contribution in [2.45, 2.75) is 32.8 Å². The molecule has 0 aromatic carbocycles. The number of aryl methyl sites for hydroxylation is 2. The minimum atomic E-state index is -0.628. The maximum absolute atomic E-state index is 12.4. The minimum Gasteiger partial charge on any atom is -0.467 e. The predicted octanol–water partition coefficient (Wildman–Crippen LogP) is 1.69. The molecule has 1 N–H and O–H groups in total. The van der Waals surface area contributed by atoms with Crippen molar-refractivity contribution in [2.24, 2.45) is 0 Å². The molecule has 1 aliphatic rings. The van der Waals surface area contributed by atoms with E-state index >= 15 is 0 Å². The minimum absolute atomic E-state index is 0.159. The van der Waals surface area contributed by atoms with Crippen molar-refractivity contribution in [2.75, 3.05) is 32.7 Å². The molecule has 0 saturated carbocycles. The first-order valence-electron chi connectivity index (χ1n) is 8.68. The van der Waals surface area contributed by atoms with Crippen LogP contribution >= 0.6 is 0 Å². The van der Waals surface area contributed by atoms with Crippen LogP contribution < -0.4 is 0 Å². The predicted molar refractivity (Wildman–Crippen MR) is 91.0 cm³/mol. The zero-order valence-corrected chi connectivity index (χ0v) is 14.8. The summed E-state index contributed by atoms with van der Waals surface area (Å²) in [5, 5.41) is 14.1. The average Bonchev–Trinajstić information content (AvgIpc) is 3.24. The number of aliphatic hydroxyl groups is 1. The second kappa shape index (κ2) is 7.84. The van der Waals surface area contributed by atoms with Gasteiger partial charge in [0.25, 0.3) is 0 Å². The van der Waals surface area contributed by atoms with Gasteiger partial charge in [0.15, 0.2) is 0 Å². The second-order valence-corrected chi connectivity index (χ2v) is 6.52. The number of furan rings is 1. The molecule has 136 valence electrons. The summed E-state index contributed by atoms with van der Waals surface area (Å²) in [7, 11) is 0. The highest BCUT2D eigenvalue weighted by atomic mass is 16.5. The fourth-order valence-electron chi connectivity index (χ4n) is 3.24. The van der Waals surface area contributed by atoms with Crippen LogP contribution in [-0.4, -0.2) is 58.7 Å². The number of β-amino-alcohol motifs (C(OH)–C–C–N with tert-alkyl or cyclic N) is 1. The van der Waals surface area contributed by atoms with E-state index in [0.29, 0.717) is 38.2 Å². The van der Waals surface area contributed by atoms with Crippen LogP contribution in [0.5, 0.6) is 0 Å². The molecular weight excluding hydrogens is 322 g/mol. The highest BCUT2D eigenvalue weighted by molar-refractivity contribution is 5.76. The lowest BCUT2D eigenvalue weighted by molar-refractivity contribution is -0.133. The van der Waals surface area contributed by atoms with Gasteiger partial charge in [0, 0.05) is 44.7 Å². The van der Waals surface area contributed by atoms with E-state index in [1.165, 1.54) is 0 Å². The molecule has 0 aliphatic carbocycles. The Hall–Kier alpha value is -2.12. The van der Waals surface area contributed by atoms with E-state index in [1.807, 2.05) is 18.7 Å². The number of amides is 1. The number of nitrogens with zero attached hydrogens (tertiary/aromatic N) is 3. The van der Waals surface area contributed by atoms with Gasteiger partial charge in [-0.25, -0.2) is 0 Å². The Kier molecular flexibility index (Phi) is 5.55. The number of hydrogen-bond acceptors (Lipinski definition) is 6. The highest BCUT2D eigenvalue weighted by Gasteiger charge is 2.24. The van der Waals surface area contributed by atoms with Gasteiger partial charge in [-0.3, -0.25) is 9.69 Å². The number of carbonyl (C=O) groups excluding carboxylic acids is 1. The van der Waals surface area contributed by atoms with Crippen molar-refractivity contribution in [1.29, 1.82) is 0 Å². The lowest BCUT2D eigenvalue weighted by atomic mass is 10.1. The summed E-state index contributed by atoms with van der Waals surface area (Å²) in [5.74, 6) is 1.53. The van der Waals surface area contributed by atoms with Crippen molar-refractivity contribution in [3.8, 4) is 0 Å². The average molecular weight is 347 g/mol. The Morgan fingerprint density at radius 1 is 1.32 bits per heavy atom. The Morgan fingerprint density at radius 3 is 2.68 bits per heavy atom. The molecule has 0 spiro atoms. The Labute approximate surface area is 147 Å². The summed E-state index contributed by atoms with van der Waals surface area (Å²) < 4.78 is 10.4. The van der Waals surface area contributed by atoms with Gasteiger partial charge >= 0.3 is 0 Å². The molecule has 3 rings (SSSR count). The molecule has 2 aromatic rings. The van der Waals surface area contributed by atoms with Gasteiger partial charge in [-0.1, -0.05) is 5.16 Å². The summed E-state index contributed by atoms with van der Waals surface area (Å²) in [4.78, 5) is 16.5. The first kappa shape index (κ1) is 17.7. The molecule has 7 nitrogen and oxygen atoms in total. The van der Waals surface area contributed by atoms with Crippen LogP contribution in [0.25, 0.3) is 0 Å². The maximum atomic E-state index is 12.4. The molecule has 0 unspecified atom stereocenters. The first-order chi connectivity index (χ1) is 12.0. The normalized spacial score (nSPS) is 17.0. The van der Waals surface area contributed by atoms with E-state index in [4.69, 9.17) is 8.94 Å². The summed E-state index contributed by atoms with van der Waals surface area (Å²) in [5.41, 5.74) is 1.90. The Balaban J connectivity index is 1.43. The second-order valence-electron chi connectivity index (χ2n) is 6.52. The van der Waals surface area contributed by atoms with E-state index < -0.39 is 6.10 Å². The van der Waals surface area contributed by atoms with Gasteiger partial charge in [-0.05, 0) is 32.4 Å². The van der Waals surface area contributed by atoms with Gasteiger partial charge in [0.05, 0.1) is 12.0 Å². The molecule has 1 saturated heterocycles. The van der Waals surface area contributed by atoms with Crippen LogP contribution in [-0.2, 0) is 11.2 Å². The summed E-state index contributed by atoms with van der Waals surface area (Å²) >= 11 is 0. The molecule has 1 amide bonds. The van der Waals surface area contributed by atoms with Gasteiger partial charge in [-0.2, -0.15) is 0 Å². The van der Waals surface area contributed by atoms with Crippen LogP contribution in [0.15, 0.2) is 27.3 Å². The number of piperazine rings is 1. The SMILES string of the molecule is Cc1noc(C)c1CCC(=O)N1CCN(C[C@@H](O)c2ccco2)CC1. The standard InChI is InChI=1S/C18H25N3O4/c1-13-15(14(2)25-19-13)5-6-18(23)21-9-7-20(8-10-21)12-16(22)17-4-3-11-24-17/h3-4,11,16,22H,5-10,12H2,1-2H3/t16-/m1/s1. The van der Waals surface area contributed by atoms with E-state index in [9.17, 15) is 9.90 Å². The van der Waals surface area contributed by atoms with Crippen LogP contribution in [0.2, 0.25) is 0 Å². The van der Waals surface area contributed by atoms with Gasteiger partial charge in [0.2, 0.25) is 5.91 Å². The maximum Gasteiger partial charge on any atom is 0.222 e. The van der Waals surface area contributed by atoms with Crippen LogP contribution in [0.3, 0.4) is 0 Å². The molecule has 7 heteroatoms. The Bertz CT molecular complexity index is 668. The monoisotopic (exact) mass is 347 g/mol. The van der Waals surface area contributed by atoms with Crippen molar-refractivity contribution in [3.05, 3.63) is 41.2 Å². The quantitative estimate of drug-likeness (QED) is 0.856. The summed E-state index contributed by atoms with van der Waals surface area (Å²) in [6, 6.07) is 3.55. The van der Waals surface area contributed by atoms with Crippen LogP contribution in [0.4, 0.5) is 0 Å². The van der Waals surface area contributed by atoms with Gasteiger partial charge < -0.3 is 18.9 Å². The van der Waals surface area contributed by atoms with Crippen LogP contribution in [0, 0.1) is 13.8 Å². The van der Waals surface area contributed by atoms with E-state index in [2.05, 4.69) is 10.1 Å². The molecular formula is C18H25N3O4. The number of aliphatic hydroxyl groups excluding tert-OH is 1. The zero-order chi connectivity index (χ0) is 17.8. The van der Waals surface area contributed by atoms with E-state index in [0.717, 1.165) is 30.1 Å². The summed E-state index contributed by atoms with van der Waals surface area (Å²) in [6.07, 6.45) is 2.07. The lowest BCUT2D eigenvalue weighted by Gasteiger charge is -2.35. The van der Waals surface area contributed by atoms with E-state index in [1.54, 1.807) is 18.4 Å². The van der Waals surface area contributed by atoms with E-state index in [-0.39, 0.29) is 5.91 Å². The molecule has 25 heavy (non-hydrogen) atoms. The number of hydrogen-bond donors (Lipinski definition) is 1. The molecule has 3 heterocycles. The zero-order valence-electron chi connectivity index (χ0n) is 14.8. The lowest BCUT2D eigenvalue weighted by Crippen LogP contribution is -2.49. The molecule has 0 radical (unpaired) electrons.